The number of fused-ring (bicyclic) bond motifs is 1. The van der Waals surface area contributed by atoms with Gasteiger partial charge in [0.05, 0.1) is 5.56 Å². The molecule has 24 heavy (non-hydrogen) atoms. The van der Waals surface area contributed by atoms with E-state index < -0.39 is 5.97 Å². The molecule has 1 aliphatic rings. The fourth-order valence-electron chi connectivity index (χ4n) is 3.32. The Labute approximate surface area is 142 Å². The first-order valence-corrected chi connectivity index (χ1v) is 8.11. The first kappa shape index (κ1) is 16.2. The predicted molar refractivity (Wildman–Crippen MR) is 93.3 cm³/mol. The van der Waals surface area contributed by atoms with Crippen LogP contribution < -0.4 is 4.90 Å². The number of nitrogens with zero attached hydrogens (tertiary/aromatic N) is 1. The van der Waals surface area contributed by atoms with Crippen LogP contribution >= 0.6 is 0 Å². The highest BCUT2D eigenvalue weighted by atomic mass is 16.5. The summed E-state index contributed by atoms with van der Waals surface area (Å²) < 4.78 is 5.25. The molecule has 0 aromatic heterocycles. The summed E-state index contributed by atoms with van der Waals surface area (Å²) in [4.78, 5) is 26.5. The lowest BCUT2D eigenvalue weighted by Crippen LogP contribution is -2.38. The largest absolute Gasteiger partial charge is 0.452 e. The van der Waals surface area contributed by atoms with Gasteiger partial charge in [0.2, 0.25) is 0 Å². The Bertz CT molecular complexity index is 777. The molecule has 0 radical (unpaired) electrons. The van der Waals surface area contributed by atoms with Crippen LogP contribution in [-0.4, -0.2) is 24.5 Å². The summed E-state index contributed by atoms with van der Waals surface area (Å²) in [5, 5.41) is 0. The van der Waals surface area contributed by atoms with Gasteiger partial charge < -0.3 is 9.64 Å². The average molecular weight is 323 g/mol. The van der Waals surface area contributed by atoms with Crippen LogP contribution in [0.1, 0.15) is 34.0 Å². The van der Waals surface area contributed by atoms with Crippen molar-refractivity contribution < 1.29 is 14.3 Å². The molecule has 4 heteroatoms. The van der Waals surface area contributed by atoms with E-state index in [4.69, 9.17) is 4.74 Å². The summed E-state index contributed by atoms with van der Waals surface area (Å²) >= 11 is 0. The topological polar surface area (TPSA) is 46.6 Å². The Hall–Kier alpha value is -2.62. The molecule has 1 aliphatic heterocycles. The number of benzene rings is 2. The number of amides is 1. The molecule has 124 valence electrons. The van der Waals surface area contributed by atoms with Crippen LogP contribution in [0.5, 0.6) is 0 Å². The monoisotopic (exact) mass is 323 g/mol. The molecule has 0 saturated heterocycles. The van der Waals surface area contributed by atoms with E-state index in [-0.39, 0.29) is 18.6 Å². The van der Waals surface area contributed by atoms with Crippen molar-refractivity contribution in [3.63, 3.8) is 0 Å². The summed E-state index contributed by atoms with van der Waals surface area (Å²) in [6, 6.07) is 13.5. The van der Waals surface area contributed by atoms with Crippen molar-refractivity contribution in [3.05, 3.63) is 64.7 Å². The van der Waals surface area contributed by atoms with Crippen LogP contribution in [0.4, 0.5) is 5.69 Å². The van der Waals surface area contributed by atoms with Crippen molar-refractivity contribution in [3.8, 4) is 0 Å². The minimum Gasteiger partial charge on any atom is -0.452 e. The maximum atomic E-state index is 12.5. The van der Waals surface area contributed by atoms with Gasteiger partial charge in [-0.15, -0.1) is 0 Å². The SMILES string of the molecule is Cc1cc(C)cc(C(=O)OCC(=O)N2c3ccccc3C[C@H]2C)c1. The van der Waals surface area contributed by atoms with Gasteiger partial charge in [-0.1, -0.05) is 35.4 Å². The zero-order valence-corrected chi connectivity index (χ0v) is 14.2. The van der Waals surface area contributed by atoms with Gasteiger partial charge in [-0.2, -0.15) is 0 Å². The molecule has 1 amide bonds. The molecule has 1 atom stereocenters. The lowest BCUT2D eigenvalue weighted by molar-refractivity contribution is -0.122. The fourth-order valence-corrected chi connectivity index (χ4v) is 3.32. The number of esters is 1. The molecule has 4 nitrogen and oxygen atoms in total. The van der Waals surface area contributed by atoms with Crippen molar-refractivity contribution in [1.29, 1.82) is 0 Å². The second kappa shape index (κ2) is 6.48. The Morgan fingerprint density at radius 3 is 2.50 bits per heavy atom. The summed E-state index contributed by atoms with van der Waals surface area (Å²) in [6.07, 6.45) is 0.826. The van der Waals surface area contributed by atoms with Gasteiger partial charge in [0, 0.05) is 11.7 Å². The van der Waals surface area contributed by atoms with Crippen molar-refractivity contribution in [2.24, 2.45) is 0 Å². The molecule has 2 aromatic rings. The van der Waals surface area contributed by atoms with Crippen LogP contribution in [0.15, 0.2) is 42.5 Å². The van der Waals surface area contributed by atoms with Crippen molar-refractivity contribution in [1.82, 2.24) is 0 Å². The van der Waals surface area contributed by atoms with E-state index >= 15 is 0 Å². The van der Waals surface area contributed by atoms with Crippen LogP contribution in [0.2, 0.25) is 0 Å². The summed E-state index contributed by atoms with van der Waals surface area (Å²) in [5.74, 6) is -0.652. The first-order valence-electron chi connectivity index (χ1n) is 8.11. The van der Waals surface area contributed by atoms with Gasteiger partial charge in [-0.25, -0.2) is 4.79 Å². The number of ether oxygens (including phenoxy) is 1. The van der Waals surface area contributed by atoms with E-state index in [9.17, 15) is 9.59 Å². The molecule has 1 heterocycles. The number of aryl methyl sites for hydroxylation is 2. The quantitative estimate of drug-likeness (QED) is 0.813. The van der Waals surface area contributed by atoms with Gasteiger partial charge in [-0.05, 0) is 51.0 Å². The Balaban J connectivity index is 1.68. The highest BCUT2D eigenvalue weighted by Crippen LogP contribution is 2.31. The summed E-state index contributed by atoms with van der Waals surface area (Å²) in [6.45, 7) is 5.61. The highest BCUT2D eigenvalue weighted by molar-refractivity contribution is 5.99. The Morgan fingerprint density at radius 2 is 1.79 bits per heavy atom. The smallest absolute Gasteiger partial charge is 0.338 e. The van der Waals surface area contributed by atoms with Crippen LogP contribution in [0, 0.1) is 13.8 Å². The van der Waals surface area contributed by atoms with Gasteiger partial charge in [-0.3, -0.25) is 4.79 Å². The second-order valence-corrected chi connectivity index (χ2v) is 6.40. The number of hydrogen-bond donors (Lipinski definition) is 0. The third-order valence-corrected chi connectivity index (χ3v) is 4.26. The molecule has 3 rings (SSSR count). The molecule has 2 aromatic carbocycles. The maximum Gasteiger partial charge on any atom is 0.338 e. The van der Waals surface area contributed by atoms with Gasteiger partial charge in [0.25, 0.3) is 5.91 Å². The molecule has 0 fully saturated rings. The lowest BCUT2D eigenvalue weighted by Gasteiger charge is -2.22. The van der Waals surface area contributed by atoms with E-state index in [0.29, 0.717) is 5.56 Å². The van der Waals surface area contributed by atoms with Crippen LogP contribution in [0.25, 0.3) is 0 Å². The summed E-state index contributed by atoms with van der Waals surface area (Å²) in [7, 11) is 0. The third kappa shape index (κ3) is 3.18. The van der Waals surface area contributed by atoms with E-state index in [1.54, 1.807) is 17.0 Å². The number of anilines is 1. The minimum atomic E-state index is -0.463. The van der Waals surface area contributed by atoms with Gasteiger partial charge in [0.1, 0.15) is 0 Å². The van der Waals surface area contributed by atoms with E-state index in [1.807, 2.05) is 51.1 Å². The summed E-state index contributed by atoms with van der Waals surface area (Å²) in [5.41, 5.74) is 4.54. The molecule has 0 N–H and O–H groups in total. The van der Waals surface area contributed by atoms with Crippen molar-refractivity contribution in [2.75, 3.05) is 11.5 Å². The van der Waals surface area contributed by atoms with E-state index in [1.165, 1.54) is 0 Å². The maximum absolute atomic E-state index is 12.5. The molecular weight excluding hydrogens is 302 g/mol. The second-order valence-electron chi connectivity index (χ2n) is 6.40. The molecular formula is C20H21NO3. The molecule has 0 spiro atoms. The third-order valence-electron chi connectivity index (χ3n) is 4.26. The molecule has 0 aliphatic carbocycles. The minimum absolute atomic E-state index is 0.0785. The average Bonchev–Trinajstić information content (AvgIpc) is 2.87. The fraction of sp³-hybridized carbons (Fsp3) is 0.300. The van der Waals surface area contributed by atoms with Gasteiger partial charge >= 0.3 is 5.97 Å². The molecule has 0 bridgehead atoms. The van der Waals surface area contributed by atoms with Crippen molar-refractivity contribution >= 4 is 17.6 Å². The Kier molecular flexibility index (Phi) is 4.38. The van der Waals surface area contributed by atoms with Gasteiger partial charge in [0.15, 0.2) is 6.61 Å². The van der Waals surface area contributed by atoms with Crippen molar-refractivity contribution in [2.45, 2.75) is 33.2 Å². The zero-order chi connectivity index (χ0) is 17.3. The number of para-hydroxylation sites is 1. The molecule has 0 unspecified atom stereocenters. The normalized spacial score (nSPS) is 16.0. The van der Waals surface area contributed by atoms with Crippen LogP contribution in [-0.2, 0) is 16.0 Å². The first-order chi connectivity index (χ1) is 11.5. The predicted octanol–water partition coefficient (Wildman–Crippen LogP) is 3.44. The lowest BCUT2D eigenvalue weighted by atomic mass is 10.1. The number of hydrogen-bond acceptors (Lipinski definition) is 3. The number of rotatable bonds is 3. The van der Waals surface area contributed by atoms with Crippen LogP contribution in [0.3, 0.4) is 0 Å². The zero-order valence-electron chi connectivity index (χ0n) is 14.2. The Morgan fingerprint density at radius 1 is 1.12 bits per heavy atom. The highest BCUT2D eigenvalue weighted by Gasteiger charge is 2.31. The van der Waals surface area contributed by atoms with E-state index in [0.717, 1.165) is 28.8 Å². The number of carbonyl (C=O) groups excluding carboxylic acids is 2. The molecule has 0 saturated carbocycles. The number of carbonyl (C=O) groups is 2. The standard InChI is InChI=1S/C20H21NO3/c1-13-8-14(2)10-17(9-13)20(23)24-12-19(22)21-15(3)11-16-6-4-5-7-18(16)21/h4-10,15H,11-12H2,1-3H3/t15-/m1/s1. The van der Waals surface area contributed by atoms with E-state index in [2.05, 4.69) is 0 Å².